The molecule has 2 heterocycles. The summed E-state index contributed by atoms with van der Waals surface area (Å²) in [6.07, 6.45) is 0.664. The van der Waals surface area contributed by atoms with Crippen LogP contribution in [0.1, 0.15) is 17.7 Å². The van der Waals surface area contributed by atoms with Crippen LogP contribution < -0.4 is 15.8 Å². The number of benzene rings is 2. The average molecular weight is 459 g/mol. The Balaban J connectivity index is 1.36. The minimum Gasteiger partial charge on any atom is -0.435 e. The Morgan fingerprint density at radius 1 is 1.22 bits per heavy atom. The first kappa shape index (κ1) is 21.7. The molecule has 4 aromatic rings. The molecule has 1 N–H and O–H groups in total. The van der Waals surface area contributed by atoms with Crippen LogP contribution in [0, 0.1) is 6.92 Å². The molecular formula is C22H19F2N3O4S. The van der Waals surface area contributed by atoms with Crippen LogP contribution in [0.25, 0.3) is 22.4 Å². The van der Waals surface area contributed by atoms with Crippen LogP contribution in [-0.4, -0.2) is 22.1 Å². The number of anilines is 1. The standard InChI is InChI=1S/C22H19F2N3O4S/c1-13-19(14-8-10-15(11-9-14)30-20(23)24)26-21(32-13)25-18(28)7-4-12-27-16-5-2-3-6-17(16)31-22(27)29/h2-3,5-6,8-11,20H,4,7,12H2,1H3,(H,25,26,28). The largest absolute Gasteiger partial charge is 0.435 e. The normalized spacial score (nSPS) is 11.2. The van der Waals surface area contributed by atoms with Gasteiger partial charge in [0, 0.05) is 23.4 Å². The van der Waals surface area contributed by atoms with E-state index in [0.717, 1.165) is 10.4 Å². The molecule has 0 unspecified atom stereocenters. The van der Waals surface area contributed by atoms with E-state index >= 15 is 0 Å². The second-order valence-electron chi connectivity index (χ2n) is 6.97. The summed E-state index contributed by atoms with van der Waals surface area (Å²) in [6, 6.07) is 13.3. The van der Waals surface area contributed by atoms with E-state index in [1.807, 2.05) is 13.0 Å². The lowest BCUT2D eigenvalue weighted by Crippen LogP contribution is -2.17. The summed E-state index contributed by atoms with van der Waals surface area (Å²) in [5.41, 5.74) is 2.60. The molecule has 4 rings (SSSR count). The highest BCUT2D eigenvalue weighted by Crippen LogP contribution is 2.31. The van der Waals surface area contributed by atoms with E-state index in [2.05, 4.69) is 15.0 Å². The zero-order chi connectivity index (χ0) is 22.7. The monoisotopic (exact) mass is 459 g/mol. The van der Waals surface area contributed by atoms with Crippen LogP contribution in [0.2, 0.25) is 0 Å². The minimum atomic E-state index is -2.88. The number of ether oxygens (including phenoxy) is 1. The summed E-state index contributed by atoms with van der Waals surface area (Å²) in [5, 5.41) is 3.22. The molecule has 0 aliphatic heterocycles. The van der Waals surface area contributed by atoms with Gasteiger partial charge in [-0.15, -0.1) is 11.3 Å². The third kappa shape index (κ3) is 4.86. The predicted octanol–water partition coefficient (Wildman–Crippen LogP) is 5.05. The Morgan fingerprint density at radius 2 is 1.97 bits per heavy atom. The number of hydrogen-bond donors (Lipinski definition) is 1. The molecule has 32 heavy (non-hydrogen) atoms. The summed E-state index contributed by atoms with van der Waals surface area (Å²) < 4.78 is 35.6. The third-order valence-corrected chi connectivity index (χ3v) is 5.64. The maximum atomic E-state index is 12.4. The van der Waals surface area contributed by atoms with Gasteiger partial charge < -0.3 is 14.5 Å². The molecule has 1 amide bonds. The predicted molar refractivity (Wildman–Crippen MR) is 117 cm³/mol. The van der Waals surface area contributed by atoms with Crippen molar-refractivity contribution in [2.75, 3.05) is 5.32 Å². The Hall–Kier alpha value is -3.53. The van der Waals surface area contributed by atoms with Crippen LogP contribution in [0.3, 0.4) is 0 Å². The number of para-hydroxylation sites is 2. The van der Waals surface area contributed by atoms with Crippen molar-refractivity contribution in [2.24, 2.45) is 0 Å². The Labute approximate surface area is 185 Å². The van der Waals surface area contributed by atoms with E-state index in [1.165, 1.54) is 28.0 Å². The first-order chi connectivity index (χ1) is 15.4. The quantitative estimate of drug-likeness (QED) is 0.399. The number of halogens is 2. The van der Waals surface area contributed by atoms with Crippen molar-refractivity contribution in [3.05, 3.63) is 64.0 Å². The van der Waals surface area contributed by atoms with E-state index in [1.54, 1.807) is 30.3 Å². The number of alkyl halides is 2. The van der Waals surface area contributed by atoms with E-state index in [4.69, 9.17) is 4.42 Å². The fourth-order valence-corrected chi connectivity index (χ4v) is 4.17. The number of aryl methyl sites for hydroxylation is 2. The van der Waals surface area contributed by atoms with Crippen molar-refractivity contribution in [3.8, 4) is 17.0 Å². The van der Waals surface area contributed by atoms with E-state index in [0.29, 0.717) is 34.9 Å². The summed E-state index contributed by atoms with van der Waals surface area (Å²) >= 11 is 1.32. The van der Waals surface area contributed by atoms with Gasteiger partial charge in [-0.3, -0.25) is 9.36 Å². The molecule has 0 saturated heterocycles. The van der Waals surface area contributed by atoms with Gasteiger partial charge in [-0.05, 0) is 49.7 Å². The minimum absolute atomic E-state index is 0.0645. The molecule has 0 fully saturated rings. The number of carbonyl (C=O) groups excluding carboxylic acids is 1. The molecule has 166 valence electrons. The van der Waals surface area contributed by atoms with Gasteiger partial charge in [0.25, 0.3) is 0 Å². The number of nitrogens with one attached hydrogen (secondary N) is 1. The highest BCUT2D eigenvalue weighted by Gasteiger charge is 2.14. The molecule has 10 heteroatoms. The fourth-order valence-electron chi connectivity index (χ4n) is 3.32. The van der Waals surface area contributed by atoms with E-state index in [9.17, 15) is 18.4 Å². The Bertz CT molecular complexity index is 1290. The lowest BCUT2D eigenvalue weighted by molar-refractivity contribution is -0.116. The van der Waals surface area contributed by atoms with Gasteiger partial charge in [-0.2, -0.15) is 8.78 Å². The highest BCUT2D eigenvalue weighted by molar-refractivity contribution is 7.16. The highest BCUT2D eigenvalue weighted by atomic mass is 32.1. The number of hydrogen-bond acceptors (Lipinski definition) is 6. The van der Waals surface area contributed by atoms with Gasteiger partial charge in [0.15, 0.2) is 10.7 Å². The molecule has 0 aliphatic rings. The van der Waals surface area contributed by atoms with Crippen LogP contribution in [0.4, 0.5) is 13.9 Å². The van der Waals surface area contributed by atoms with Gasteiger partial charge >= 0.3 is 12.4 Å². The average Bonchev–Trinajstić information content (AvgIpc) is 3.27. The smallest absolute Gasteiger partial charge is 0.419 e. The van der Waals surface area contributed by atoms with E-state index in [-0.39, 0.29) is 18.1 Å². The molecule has 7 nitrogen and oxygen atoms in total. The first-order valence-electron chi connectivity index (χ1n) is 9.81. The summed E-state index contributed by atoms with van der Waals surface area (Å²) in [7, 11) is 0. The molecule has 2 aromatic heterocycles. The lowest BCUT2D eigenvalue weighted by Gasteiger charge is -2.05. The molecule has 0 aliphatic carbocycles. The number of carbonyl (C=O) groups is 1. The second kappa shape index (κ2) is 9.31. The maximum Gasteiger partial charge on any atom is 0.419 e. The lowest BCUT2D eigenvalue weighted by atomic mass is 10.1. The van der Waals surface area contributed by atoms with Crippen molar-refractivity contribution >= 4 is 33.5 Å². The first-order valence-corrected chi connectivity index (χ1v) is 10.6. The van der Waals surface area contributed by atoms with Gasteiger partial charge in [-0.1, -0.05) is 12.1 Å². The number of amides is 1. The van der Waals surface area contributed by atoms with Crippen LogP contribution in [0.5, 0.6) is 5.75 Å². The summed E-state index contributed by atoms with van der Waals surface area (Å²) in [6.45, 7) is -0.657. The SMILES string of the molecule is Cc1sc(NC(=O)CCCn2c(=O)oc3ccccc32)nc1-c1ccc(OC(F)F)cc1. The van der Waals surface area contributed by atoms with Gasteiger partial charge in [0.2, 0.25) is 5.91 Å². The number of oxazole rings is 1. The van der Waals surface area contributed by atoms with Crippen molar-refractivity contribution < 1.29 is 22.7 Å². The second-order valence-corrected chi connectivity index (χ2v) is 8.17. The topological polar surface area (TPSA) is 86.4 Å². The number of rotatable bonds is 8. The summed E-state index contributed by atoms with van der Waals surface area (Å²) in [5.74, 6) is -0.599. The van der Waals surface area contributed by atoms with Crippen LogP contribution in [-0.2, 0) is 11.3 Å². The molecule has 0 bridgehead atoms. The molecule has 2 aromatic carbocycles. The number of thiazole rings is 1. The molecule has 0 spiro atoms. The zero-order valence-corrected chi connectivity index (χ0v) is 17.8. The number of fused-ring (bicyclic) bond motifs is 1. The molecule has 0 saturated carbocycles. The van der Waals surface area contributed by atoms with Crippen LogP contribution in [0.15, 0.2) is 57.7 Å². The summed E-state index contributed by atoms with van der Waals surface area (Å²) in [4.78, 5) is 29.7. The van der Waals surface area contributed by atoms with Gasteiger partial charge in [0.05, 0.1) is 11.2 Å². The van der Waals surface area contributed by atoms with Crippen molar-refractivity contribution in [1.29, 1.82) is 0 Å². The maximum absolute atomic E-state index is 12.4. The fraction of sp³-hybridized carbons (Fsp3) is 0.227. The number of aromatic nitrogens is 2. The molecule has 0 radical (unpaired) electrons. The Kier molecular flexibility index (Phi) is 6.31. The Morgan fingerprint density at radius 3 is 2.72 bits per heavy atom. The van der Waals surface area contributed by atoms with Gasteiger partial charge in [-0.25, -0.2) is 9.78 Å². The van der Waals surface area contributed by atoms with Crippen LogP contribution >= 0.6 is 11.3 Å². The third-order valence-electron chi connectivity index (χ3n) is 4.76. The van der Waals surface area contributed by atoms with Crippen molar-refractivity contribution in [2.45, 2.75) is 32.9 Å². The van der Waals surface area contributed by atoms with Gasteiger partial charge in [0.1, 0.15) is 5.75 Å². The van der Waals surface area contributed by atoms with E-state index < -0.39 is 12.4 Å². The number of nitrogens with zero attached hydrogens (tertiary/aromatic N) is 2. The molecular weight excluding hydrogens is 440 g/mol. The zero-order valence-electron chi connectivity index (χ0n) is 17.0. The van der Waals surface area contributed by atoms with Crippen molar-refractivity contribution in [1.82, 2.24) is 9.55 Å². The van der Waals surface area contributed by atoms with Crippen molar-refractivity contribution in [3.63, 3.8) is 0 Å². The molecule has 0 atom stereocenters.